The number of likely N-dealkylation sites (tertiary alicyclic amines) is 1. The Morgan fingerprint density at radius 2 is 2.20 bits per heavy atom. The van der Waals surface area contributed by atoms with Gasteiger partial charge >= 0.3 is 0 Å². The van der Waals surface area contributed by atoms with Crippen molar-refractivity contribution < 1.29 is 0 Å². The Morgan fingerprint density at radius 3 is 2.73 bits per heavy atom. The monoisotopic (exact) mass is 211 g/mol. The van der Waals surface area contributed by atoms with E-state index in [1.54, 1.807) is 0 Å². The molecule has 0 amide bonds. The third kappa shape index (κ3) is 3.16. The predicted octanol–water partition coefficient (Wildman–Crippen LogP) is 0.622. The summed E-state index contributed by atoms with van der Waals surface area (Å²) in [6, 6.07) is 0.814. The zero-order valence-corrected chi connectivity index (χ0v) is 10.2. The lowest BCUT2D eigenvalue weighted by Gasteiger charge is -2.30. The molecule has 3 heteroatoms. The van der Waals surface area contributed by atoms with E-state index in [0.29, 0.717) is 0 Å². The highest BCUT2D eigenvalue weighted by molar-refractivity contribution is 4.80. The molecule has 0 aromatic carbocycles. The van der Waals surface area contributed by atoms with Crippen LogP contribution in [0.25, 0.3) is 0 Å². The zero-order valence-electron chi connectivity index (χ0n) is 10.2. The highest BCUT2D eigenvalue weighted by Gasteiger charge is 2.22. The van der Waals surface area contributed by atoms with E-state index in [4.69, 9.17) is 0 Å². The maximum atomic E-state index is 3.34. The second kappa shape index (κ2) is 5.28. The Kier molecular flexibility index (Phi) is 4.00. The minimum Gasteiger partial charge on any atom is -0.316 e. The Labute approximate surface area is 93.8 Å². The molecule has 2 rings (SSSR count). The van der Waals surface area contributed by atoms with Crippen molar-refractivity contribution in [1.29, 1.82) is 0 Å². The van der Waals surface area contributed by atoms with Crippen LogP contribution in [0.5, 0.6) is 0 Å². The molecule has 3 nitrogen and oxygen atoms in total. The van der Waals surface area contributed by atoms with Gasteiger partial charge in [0.15, 0.2) is 0 Å². The summed E-state index contributed by atoms with van der Waals surface area (Å²) in [4.78, 5) is 5.03. The van der Waals surface area contributed by atoms with Crippen LogP contribution in [0.4, 0.5) is 0 Å². The topological polar surface area (TPSA) is 18.5 Å². The number of nitrogens with one attached hydrogen (secondary N) is 1. The van der Waals surface area contributed by atoms with Crippen LogP contribution < -0.4 is 5.32 Å². The molecule has 0 aliphatic carbocycles. The molecule has 1 unspecified atom stereocenters. The minimum atomic E-state index is 0.814. The lowest BCUT2D eigenvalue weighted by Crippen LogP contribution is -2.44. The van der Waals surface area contributed by atoms with E-state index >= 15 is 0 Å². The quantitative estimate of drug-likeness (QED) is 0.719. The molecule has 0 aromatic heterocycles. The molecule has 2 aliphatic rings. The van der Waals surface area contributed by atoms with Gasteiger partial charge in [-0.15, -0.1) is 0 Å². The van der Waals surface area contributed by atoms with Crippen molar-refractivity contribution in [2.45, 2.75) is 25.3 Å². The van der Waals surface area contributed by atoms with Crippen LogP contribution in [0, 0.1) is 5.92 Å². The van der Waals surface area contributed by atoms with Gasteiger partial charge in [-0.1, -0.05) is 0 Å². The average molecular weight is 211 g/mol. The summed E-state index contributed by atoms with van der Waals surface area (Å²) in [5, 5.41) is 3.34. The van der Waals surface area contributed by atoms with Gasteiger partial charge in [0, 0.05) is 12.6 Å². The fraction of sp³-hybridized carbons (Fsp3) is 1.00. The fourth-order valence-electron chi connectivity index (χ4n) is 2.62. The van der Waals surface area contributed by atoms with E-state index in [9.17, 15) is 0 Å². The van der Waals surface area contributed by atoms with Gasteiger partial charge in [-0.3, -0.25) is 0 Å². The van der Waals surface area contributed by atoms with E-state index in [-0.39, 0.29) is 0 Å². The van der Waals surface area contributed by atoms with E-state index in [2.05, 4.69) is 29.2 Å². The molecule has 88 valence electrons. The molecule has 1 N–H and O–H groups in total. The number of hydrogen-bond donors (Lipinski definition) is 1. The average Bonchev–Trinajstić information content (AvgIpc) is 2.49. The van der Waals surface area contributed by atoms with Crippen LogP contribution in [0.2, 0.25) is 0 Å². The Hall–Kier alpha value is -0.120. The molecule has 2 heterocycles. The van der Waals surface area contributed by atoms with Gasteiger partial charge in [0.25, 0.3) is 0 Å². The van der Waals surface area contributed by atoms with Crippen molar-refractivity contribution >= 4 is 0 Å². The SMILES string of the molecule is CN(CCC1CNC1)CC1CCCN1C. The number of likely N-dealkylation sites (N-methyl/N-ethyl adjacent to an activating group) is 2. The first-order valence-electron chi connectivity index (χ1n) is 6.35. The summed E-state index contributed by atoms with van der Waals surface area (Å²) in [6.45, 7) is 6.33. The van der Waals surface area contributed by atoms with Crippen LogP contribution in [0.1, 0.15) is 19.3 Å². The summed E-state index contributed by atoms with van der Waals surface area (Å²) < 4.78 is 0. The number of rotatable bonds is 5. The largest absolute Gasteiger partial charge is 0.316 e. The molecular formula is C12H25N3. The lowest BCUT2D eigenvalue weighted by molar-refractivity contribution is 0.200. The molecule has 15 heavy (non-hydrogen) atoms. The molecule has 0 saturated carbocycles. The normalized spacial score (nSPS) is 28.6. The standard InChI is InChI=1S/C12H25N3/c1-14(7-5-11-8-13-9-11)10-12-4-3-6-15(12)2/h11-13H,3-10H2,1-2H3. The zero-order chi connectivity index (χ0) is 10.7. The summed E-state index contributed by atoms with van der Waals surface area (Å²) in [6.07, 6.45) is 4.16. The highest BCUT2D eigenvalue weighted by atomic mass is 15.2. The molecule has 2 fully saturated rings. The lowest BCUT2D eigenvalue weighted by atomic mass is 9.99. The number of hydrogen-bond acceptors (Lipinski definition) is 3. The van der Waals surface area contributed by atoms with Gasteiger partial charge in [-0.25, -0.2) is 0 Å². The molecule has 2 aliphatic heterocycles. The van der Waals surface area contributed by atoms with Crippen LogP contribution in [0.3, 0.4) is 0 Å². The van der Waals surface area contributed by atoms with Gasteiger partial charge in [0.2, 0.25) is 0 Å². The third-order valence-corrected chi connectivity index (χ3v) is 3.98. The Bertz CT molecular complexity index is 191. The summed E-state index contributed by atoms with van der Waals surface area (Å²) in [7, 11) is 4.54. The van der Waals surface area contributed by atoms with E-state index in [1.165, 1.54) is 52.0 Å². The van der Waals surface area contributed by atoms with Crippen LogP contribution >= 0.6 is 0 Å². The second-order valence-corrected chi connectivity index (χ2v) is 5.35. The van der Waals surface area contributed by atoms with Crippen molar-refractivity contribution in [1.82, 2.24) is 15.1 Å². The van der Waals surface area contributed by atoms with Crippen LogP contribution in [0.15, 0.2) is 0 Å². The van der Waals surface area contributed by atoms with E-state index < -0.39 is 0 Å². The van der Waals surface area contributed by atoms with Crippen molar-refractivity contribution in [2.75, 3.05) is 46.8 Å². The van der Waals surface area contributed by atoms with Crippen molar-refractivity contribution in [3.8, 4) is 0 Å². The predicted molar refractivity (Wildman–Crippen MR) is 64.1 cm³/mol. The summed E-state index contributed by atoms with van der Waals surface area (Å²) in [5.41, 5.74) is 0. The Balaban J connectivity index is 1.60. The molecule has 1 atom stereocenters. The van der Waals surface area contributed by atoms with E-state index in [0.717, 1.165) is 12.0 Å². The molecule has 0 spiro atoms. The summed E-state index contributed by atoms with van der Waals surface area (Å²) in [5.74, 6) is 0.953. The highest BCUT2D eigenvalue weighted by Crippen LogP contribution is 2.16. The van der Waals surface area contributed by atoms with Crippen molar-refractivity contribution in [2.24, 2.45) is 5.92 Å². The van der Waals surface area contributed by atoms with Gasteiger partial charge in [-0.2, -0.15) is 0 Å². The van der Waals surface area contributed by atoms with Gasteiger partial charge in [-0.05, 0) is 65.5 Å². The van der Waals surface area contributed by atoms with Gasteiger partial charge < -0.3 is 15.1 Å². The molecular weight excluding hydrogens is 186 g/mol. The fourth-order valence-corrected chi connectivity index (χ4v) is 2.62. The maximum Gasteiger partial charge on any atom is 0.0220 e. The maximum absolute atomic E-state index is 3.34. The molecule has 0 radical (unpaired) electrons. The van der Waals surface area contributed by atoms with Crippen LogP contribution in [-0.2, 0) is 0 Å². The number of nitrogens with zero attached hydrogens (tertiary/aromatic N) is 2. The van der Waals surface area contributed by atoms with Gasteiger partial charge in [0.05, 0.1) is 0 Å². The second-order valence-electron chi connectivity index (χ2n) is 5.35. The first-order valence-corrected chi connectivity index (χ1v) is 6.35. The molecule has 2 saturated heterocycles. The molecule has 0 aromatic rings. The Morgan fingerprint density at radius 1 is 1.40 bits per heavy atom. The third-order valence-electron chi connectivity index (χ3n) is 3.98. The first-order chi connectivity index (χ1) is 7.25. The van der Waals surface area contributed by atoms with Crippen LogP contribution in [-0.4, -0.2) is 62.7 Å². The first kappa shape index (κ1) is 11.4. The van der Waals surface area contributed by atoms with E-state index in [1.807, 2.05) is 0 Å². The summed E-state index contributed by atoms with van der Waals surface area (Å²) >= 11 is 0. The van der Waals surface area contributed by atoms with Gasteiger partial charge in [0.1, 0.15) is 0 Å². The molecule has 0 bridgehead atoms. The minimum absolute atomic E-state index is 0.814. The van der Waals surface area contributed by atoms with Crippen molar-refractivity contribution in [3.05, 3.63) is 0 Å². The van der Waals surface area contributed by atoms with Crippen molar-refractivity contribution in [3.63, 3.8) is 0 Å². The smallest absolute Gasteiger partial charge is 0.0220 e.